The molecule has 0 saturated carbocycles. The molecule has 2 rings (SSSR count). The topological polar surface area (TPSA) is 3.01 Å². The summed E-state index contributed by atoms with van der Waals surface area (Å²) in [6, 6.07) is 0. The Morgan fingerprint density at radius 2 is 2.00 bits per heavy atom. The number of hydrogen-bond donors (Lipinski definition) is 0. The standard InChI is InChI=1S/C8H13BNS2/c9-7-6-11-8(12-7)10-4-2-1-3-5-10/h7H,1-6H2/q+1. The lowest BCUT2D eigenvalue weighted by molar-refractivity contribution is -0.532. The summed E-state index contributed by atoms with van der Waals surface area (Å²) < 4.78 is 3.98. The van der Waals surface area contributed by atoms with Gasteiger partial charge >= 0.3 is 0 Å². The van der Waals surface area contributed by atoms with Gasteiger partial charge in [-0.2, -0.15) is 0 Å². The summed E-state index contributed by atoms with van der Waals surface area (Å²) >= 11 is 3.79. The van der Waals surface area contributed by atoms with Crippen molar-refractivity contribution in [1.82, 2.24) is 0 Å². The van der Waals surface area contributed by atoms with Crippen LogP contribution in [0.4, 0.5) is 0 Å². The van der Waals surface area contributed by atoms with Gasteiger partial charge in [0.1, 0.15) is 13.1 Å². The number of rotatable bonds is 0. The number of thioether (sulfide) groups is 2. The monoisotopic (exact) mass is 198 g/mol. The molecule has 2 fully saturated rings. The van der Waals surface area contributed by atoms with Crippen LogP contribution in [0.25, 0.3) is 0 Å². The summed E-state index contributed by atoms with van der Waals surface area (Å²) in [6.07, 6.45) is 4.13. The highest BCUT2D eigenvalue weighted by Crippen LogP contribution is 2.31. The van der Waals surface area contributed by atoms with Gasteiger partial charge in [-0.1, -0.05) is 11.8 Å². The first kappa shape index (κ1) is 9.01. The summed E-state index contributed by atoms with van der Waals surface area (Å²) in [5, 5.41) is 0.340. The molecule has 0 amide bonds. The van der Waals surface area contributed by atoms with Crippen LogP contribution in [0.15, 0.2) is 0 Å². The molecule has 12 heavy (non-hydrogen) atoms. The molecule has 2 saturated heterocycles. The molecule has 1 nitrogen and oxygen atoms in total. The van der Waals surface area contributed by atoms with Gasteiger partial charge in [0.25, 0.3) is 4.38 Å². The minimum absolute atomic E-state index is 0.340. The number of nitrogens with zero attached hydrogens (tertiary/aromatic N) is 1. The molecule has 0 N–H and O–H groups in total. The summed E-state index contributed by atoms with van der Waals surface area (Å²) in [5.41, 5.74) is 0. The molecule has 64 valence electrons. The van der Waals surface area contributed by atoms with Gasteiger partial charge in [-0.3, -0.25) is 0 Å². The van der Waals surface area contributed by atoms with Crippen LogP contribution in [-0.2, 0) is 0 Å². The van der Waals surface area contributed by atoms with Crippen molar-refractivity contribution in [3.05, 3.63) is 0 Å². The lowest BCUT2D eigenvalue weighted by Gasteiger charge is -2.10. The maximum atomic E-state index is 5.83. The van der Waals surface area contributed by atoms with Crippen LogP contribution in [0.3, 0.4) is 0 Å². The first-order valence-corrected chi connectivity index (χ1v) is 6.40. The average Bonchev–Trinajstić information content (AvgIpc) is 2.54. The second kappa shape index (κ2) is 4.10. The van der Waals surface area contributed by atoms with Crippen LogP contribution in [0.2, 0.25) is 0 Å². The van der Waals surface area contributed by atoms with Gasteiger partial charge in [-0.15, -0.1) is 0 Å². The largest absolute Gasteiger partial charge is 0.269 e. The number of hydrogen-bond acceptors (Lipinski definition) is 2. The first-order valence-electron chi connectivity index (χ1n) is 4.53. The van der Waals surface area contributed by atoms with E-state index in [1.807, 2.05) is 23.5 Å². The van der Waals surface area contributed by atoms with Crippen molar-refractivity contribution < 1.29 is 4.58 Å². The Kier molecular flexibility index (Phi) is 3.07. The molecule has 4 heteroatoms. The second-order valence-corrected chi connectivity index (χ2v) is 5.78. The SMILES string of the molecule is [B]C1CSC(=[N+]2CCCCC2)S1. The third-order valence-electron chi connectivity index (χ3n) is 2.24. The minimum Gasteiger partial charge on any atom is -0.219 e. The van der Waals surface area contributed by atoms with E-state index in [1.54, 1.807) is 0 Å². The fourth-order valence-electron chi connectivity index (χ4n) is 1.59. The van der Waals surface area contributed by atoms with E-state index in [-0.39, 0.29) is 0 Å². The van der Waals surface area contributed by atoms with Gasteiger partial charge in [-0.25, -0.2) is 4.58 Å². The maximum absolute atomic E-state index is 5.83. The first-order chi connectivity index (χ1) is 5.86. The van der Waals surface area contributed by atoms with Crippen molar-refractivity contribution in [2.75, 3.05) is 18.8 Å². The van der Waals surface area contributed by atoms with Crippen molar-refractivity contribution in [3.63, 3.8) is 0 Å². The third-order valence-corrected chi connectivity index (χ3v) is 5.05. The van der Waals surface area contributed by atoms with Gasteiger partial charge in [0.05, 0.1) is 7.85 Å². The van der Waals surface area contributed by atoms with E-state index >= 15 is 0 Å². The van der Waals surface area contributed by atoms with E-state index in [2.05, 4.69) is 4.58 Å². The van der Waals surface area contributed by atoms with Crippen molar-refractivity contribution in [2.45, 2.75) is 24.4 Å². The molecular formula is C8H13BNS2+. The molecule has 2 radical (unpaired) electrons. The molecule has 2 aliphatic heterocycles. The van der Waals surface area contributed by atoms with Gasteiger partial charge in [0.2, 0.25) is 0 Å². The zero-order valence-corrected chi connectivity index (χ0v) is 8.79. The van der Waals surface area contributed by atoms with Crippen LogP contribution in [0, 0.1) is 0 Å². The highest BCUT2D eigenvalue weighted by Gasteiger charge is 2.27. The zero-order chi connectivity index (χ0) is 8.39. The Morgan fingerprint density at radius 1 is 1.25 bits per heavy atom. The van der Waals surface area contributed by atoms with Crippen molar-refractivity contribution in [2.24, 2.45) is 0 Å². The van der Waals surface area contributed by atoms with Gasteiger partial charge in [0, 0.05) is 18.6 Å². The molecule has 1 atom stereocenters. The predicted molar refractivity (Wildman–Crippen MR) is 58.4 cm³/mol. The van der Waals surface area contributed by atoms with E-state index in [4.69, 9.17) is 7.85 Å². The molecule has 1 unspecified atom stereocenters. The summed E-state index contributed by atoms with van der Waals surface area (Å²) in [5.74, 6) is 1.09. The van der Waals surface area contributed by atoms with Gasteiger partial charge in [0.15, 0.2) is 0 Å². The summed E-state index contributed by atoms with van der Waals surface area (Å²) in [4.78, 5) is 0. The molecule has 0 aromatic carbocycles. The minimum atomic E-state index is 0.340. The Labute approximate surface area is 83.8 Å². The molecule has 0 aromatic heterocycles. The Morgan fingerprint density at radius 3 is 2.58 bits per heavy atom. The summed E-state index contributed by atoms with van der Waals surface area (Å²) in [7, 11) is 5.83. The maximum Gasteiger partial charge on any atom is 0.269 e. The quantitative estimate of drug-likeness (QED) is 0.428. The second-order valence-electron chi connectivity index (χ2n) is 3.28. The fourth-order valence-corrected chi connectivity index (χ4v) is 4.18. The number of piperidine rings is 1. The molecule has 0 aliphatic carbocycles. The van der Waals surface area contributed by atoms with Crippen LogP contribution < -0.4 is 0 Å². The van der Waals surface area contributed by atoms with E-state index in [9.17, 15) is 0 Å². The van der Waals surface area contributed by atoms with Crippen LogP contribution in [-0.4, -0.2) is 40.8 Å². The molecule has 2 heterocycles. The lowest BCUT2D eigenvalue weighted by Crippen LogP contribution is -2.23. The van der Waals surface area contributed by atoms with Crippen molar-refractivity contribution in [3.8, 4) is 0 Å². The Hall–Kier alpha value is 0.435. The predicted octanol–water partition coefficient (Wildman–Crippen LogP) is 1.51. The molecule has 0 aromatic rings. The van der Waals surface area contributed by atoms with Crippen molar-refractivity contribution >= 4 is 35.7 Å². The van der Waals surface area contributed by atoms with Gasteiger partial charge in [-0.05, 0) is 23.3 Å². The van der Waals surface area contributed by atoms with Gasteiger partial charge < -0.3 is 0 Å². The highest BCUT2D eigenvalue weighted by atomic mass is 32.2. The van der Waals surface area contributed by atoms with E-state index in [0.29, 0.717) is 5.15 Å². The molecule has 0 spiro atoms. The zero-order valence-electron chi connectivity index (χ0n) is 7.16. The lowest BCUT2D eigenvalue weighted by atomic mass is 10.1. The van der Waals surface area contributed by atoms with E-state index < -0.39 is 0 Å². The van der Waals surface area contributed by atoms with Crippen molar-refractivity contribution in [1.29, 1.82) is 0 Å². The normalized spacial score (nSPS) is 31.2. The third kappa shape index (κ3) is 2.02. The Balaban J connectivity index is 2.03. The van der Waals surface area contributed by atoms with E-state index in [1.165, 1.54) is 36.7 Å². The molecule has 0 bridgehead atoms. The van der Waals surface area contributed by atoms with Crippen LogP contribution in [0.1, 0.15) is 19.3 Å². The fraction of sp³-hybridized carbons (Fsp3) is 0.875. The average molecular weight is 198 g/mol. The molecular weight excluding hydrogens is 185 g/mol. The van der Waals surface area contributed by atoms with Crippen LogP contribution in [0.5, 0.6) is 0 Å². The smallest absolute Gasteiger partial charge is 0.219 e. The van der Waals surface area contributed by atoms with E-state index in [0.717, 1.165) is 5.75 Å². The highest BCUT2D eigenvalue weighted by molar-refractivity contribution is 8.41. The Bertz CT molecular complexity index is 192. The molecule has 2 aliphatic rings. The summed E-state index contributed by atoms with van der Waals surface area (Å²) in [6.45, 7) is 2.50. The van der Waals surface area contributed by atoms with Crippen LogP contribution >= 0.6 is 23.5 Å².